The van der Waals surface area contributed by atoms with E-state index in [0.717, 1.165) is 11.3 Å². The molecule has 1 amide bonds. The molecule has 0 aromatic carbocycles. The smallest absolute Gasteiger partial charge is 0.327 e. The number of fused-ring (bicyclic) bond motifs is 1. The Balaban J connectivity index is 1.90. The van der Waals surface area contributed by atoms with Gasteiger partial charge in [-0.1, -0.05) is 19.3 Å². The Hall–Kier alpha value is -1.85. The van der Waals surface area contributed by atoms with Crippen LogP contribution in [0, 0.1) is 12.8 Å². The first-order valence-electron chi connectivity index (χ1n) is 8.63. The quantitative estimate of drug-likeness (QED) is 0.866. The van der Waals surface area contributed by atoms with Crippen LogP contribution in [0.5, 0.6) is 0 Å². The van der Waals surface area contributed by atoms with Crippen LogP contribution in [0.4, 0.5) is 5.82 Å². The van der Waals surface area contributed by atoms with Gasteiger partial charge in [-0.3, -0.25) is 9.59 Å². The molecule has 1 atom stereocenters. The molecule has 0 unspecified atom stereocenters. The zero-order valence-corrected chi connectivity index (χ0v) is 13.9. The lowest BCUT2D eigenvalue weighted by molar-refractivity contribution is -0.144. The first kappa shape index (κ1) is 16.0. The Labute approximate surface area is 136 Å². The molecule has 1 aromatic heterocycles. The third-order valence-corrected chi connectivity index (χ3v) is 5.01. The molecule has 0 spiro atoms. The van der Waals surface area contributed by atoms with Crippen molar-refractivity contribution in [1.29, 1.82) is 0 Å². The standard InChI is InChI=1S/C17H25N3O3/c1-3-23-15(22)10-20-17-16(11(2)19-20)13(9-14(21)18-17)12-7-5-4-6-8-12/h12-13H,3-10H2,1-2H3,(H,18,21)/t13-/m0/s1. The summed E-state index contributed by atoms with van der Waals surface area (Å²) >= 11 is 0. The third kappa shape index (κ3) is 3.26. The highest BCUT2D eigenvalue weighted by Gasteiger charge is 2.36. The lowest BCUT2D eigenvalue weighted by atomic mass is 9.74. The minimum Gasteiger partial charge on any atom is -0.465 e. The zero-order chi connectivity index (χ0) is 16.4. The number of ether oxygens (including phenoxy) is 1. The van der Waals surface area contributed by atoms with Gasteiger partial charge in [-0.05, 0) is 32.6 Å². The summed E-state index contributed by atoms with van der Waals surface area (Å²) in [5.41, 5.74) is 2.04. The molecular weight excluding hydrogens is 294 g/mol. The molecule has 126 valence electrons. The lowest BCUT2D eigenvalue weighted by Crippen LogP contribution is -2.30. The molecule has 1 aliphatic heterocycles. The van der Waals surface area contributed by atoms with Gasteiger partial charge in [0.15, 0.2) is 0 Å². The predicted octanol–water partition coefficient (Wildman–Crippen LogP) is 2.76. The second-order valence-corrected chi connectivity index (χ2v) is 6.57. The maximum absolute atomic E-state index is 12.2. The lowest BCUT2D eigenvalue weighted by Gasteiger charge is -2.33. The number of esters is 1. The van der Waals surface area contributed by atoms with E-state index in [1.165, 1.54) is 32.1 Å². The summed E-state index contributed by atoms with van der Waals surface area (Å²) in [5, 5.41) is 7.41. The van der Waals surface area contributed by atoms with E-state index >= 15 is 0 Å². The number of amides is 1. The van der Waals surface area contributed by atoms with E-state index in [9.17, 15) is 9.59 Å². The highest BCUT2D eigenvalue weighted by atomic mass is 16.5. The number of carbonyl (C=O) groups is 2. The molecule has 2 heterocycles. The van der Waals surface area contributed by atoms with Crippen LogP contribution in [-0.2, 0) is 20.9 Å². The fourth-order valence-electron chi connectivity index (χ4n) is 4.04. The number of anilines is 1. The topological polar surface area (TPSA) is 73.2 Å². The molecule has 6 heteroatoms. The van der Waals surface area contributed by atoms with Crippen molar-refractivity contribution in [3.8, 4) is 0 Å². The zero-order valence-electron chi connectivity index (χ0n) is 13.9. The monoisotopic (exact) mass is 319 g/mol. The van der Waals surface area contributed by atoms with Crippen molar-refractivity contribution < 1.29 is 14.3 Å². The van der Waals surface area contributed by atoms with Gasteiger partial charge in [0.25, 0.3) is 0 Å². The van der Waals surface area contributed by atoms with Crippen molar-refractivity contribution in [2.24, 2.45) is 5.92 Å². The number of aromatic nitrogens is 2. The van der Waals surface area contributed by atoms with Crippen molar-refractivity contribution >= 4 is 17.7 Å². The number of nitrogens with zero attached hydrogens (tertiary/aromatic N) is 2. The van der Waals surface area contributed by atoms with Gasteiger partial charge in [-0.2, -0.15) is 5.10 Å². The molecule has 2 aliphatic rings. The average molecular weight is 319 g/mol. The van der Waals surface area contributed by atoms with Gasteiger partial charge in [-0.25, -0.2) is 4.68 Å². The number of nitrogens with one attached hydrogen (secondary N) is 1. The van der Waals surface area contributed by atoms with Gasteiger partial charge in [0, 0.05) is 17.9 Å². The molecule has 0 saturated heterocycles. The van der Waals surface area contributed by atoms with E-state index < -0.39 is 0 Å². The van der Waals surface area contributed by atoms with E-state index in [1.54, 1.807) is 11.6 Å². The fourth-order valence-corrected chi connectivity index (χ4v) is 4.04. The second-order valence-electron chi connectivity index (χ2n) is 6.57. The van der Waals surface area contributed by atoms with Crippen LogP contribution in [0.25, 0.3) is 0 Å². The molecule has 0 bridgehead atoms. The molecule has 1 aliphatic carbocycles. The van der Waals surface area contributed by atoms with Gasteiger partial charge in [0.1, 0.15) is 12.4 Å². The highest BCUT2D eigenvalue weighted by molar-refractivity contribution is 5.94. The van der Waals surface area contributed by atoms with Crippen LogP contribution in [0.3, 0.4) is 0 Å². The predicted molar refractivity (Wildman–Crippen MR) is 86.2 cm³/mol. The normalized spacial score (nSPS) is 21.7. The summed E-state index contributed by atoms with van der Waals surface area (Å²) < 4.78 is 6.60. The fraction of sp³-hybridized carbons (Fsp3) is 0.706. The number of aryl methyl sites for hydroxylation is 1. The van der Waals surface area contributed by atoms with Crippen molar-refractivity contribution in [3.05, 3.63) is 11.3 Å². The molecular formula is C17H25N3O3. The Bertz CT molecular complexity index is 602. The largest absolute Gasteiger partial charge is 0.465 e. The van der Waals surface area contributed by atoms with Crippen LogP contribution in [0.1, 0.15) is 62.6 Å². The Morgan fingerprint density at radius 1 is 1.35 bits per heavy atom. The summed E-state index contributed by atoms with van der Waals surface area (Å²) in [6, 6.07) is 0. The van der Waals surface area contributed by atoms with E-state index in [2.05, 4.69) is 10.4 Å². The van der Waals surface area contributed by atoms with E-state index in [1.807, 2.05) is 6.92 Å². The number of rotatable bonds is 4. The summed E-state index contributed by atoms with van der Waals surface area (Å²) in [7, 11) is 0. The molecule has 3 rings (SSSR count). The van der Waals surface area contributed by atoms with E-state index in [4.69, 9.17) is 4.74 Å². The number of hydrogen-bond acceptors (Lipinski definition) is 4. The van der Waals surface area contributed by atoms with Crippen molar-refractivity contribution in [2.45, 2.75) is 64.8 Å². The summed E-state index contributed by atoms with van der Waals surface area (Å²) in [4.78, 5) is 24.0. The maximum Gasteiger partial charge on any atom is 0.327 e. The highest BCUT2D eigenvalue weighted by Crippen LogP contribution is 2.44. The molecule has 1 aromatic rings. The summed E-state index contributed by atoms with van der Waals surface area (Å²) in [6.45, 7) is 4.14. The van der Waals surface area contributed by atoms with Gasteiger partial charge >= 0.3 is 5.97 Å². The maximum atomic E-state index is 12.2. The minimum atomic E-state index is -0.327. The summed E-state index contributed by atoms with van der Waals surface area (Å²) in [5.74, 6) is 1.18. The van der Waals surface area contributed by atoms with Crippen LogP contribution in [-0.4, -0.2) is 28.3 Å². The van der Waals surface area contributed by atoms with Crippen LogP contribution < -0.4 is 5.32 Å². The summed E-state index contributed by atoms with van der Waals surface area (Å²) in [6.07, 6.45) is 6.68. The van der Waals surface area contributed by atoms with Gasteiger partial charge < -0.3 is 10.1 Å². The Morgan fingerprint density at radius 3 is 2.78 bits per heavy atom. The molecule has 6 nitrogen and oxygen atoms in total. The molecule has 23 heavy (non-hydrogen) atoms. The number of carbonyl (C=O) groups excluding carboxylic acids is 2. The van der Waals surface area contributed by atoms with Gasteiger partial charge in [-0.15, -0.1) is 0 Å². The number of hydrogen-bond donors (Lipinski definition) is 1. The van der Waals surface area contributed by atoms with E-state index in [0.29, 0.717) is 24.8 Å². The average Bonchev–Trinajstić information content (AvgIpc) is 2.83. The SMILES string of the molecule is CCOC(=O)Cn1nc(C)c2c1NC(=O)C[C@H]2C1CCCCC1. The van der Waals surface area contributed by atoms with Crippen molar-refractivity contribution in [1.82, 2.24) is 9.78 Å². The van der Waals surface area contributed by atoms with Crippen LogP contribution >= 0.6 is 0 Å². The third-order valence-electron chi connectivity index (χ3n) is 5.01. The molecule has 0 radical (unpaired) electrons. The second kappa shape index (κ2) is 6.72. The molecule has 1 saturated carbocycles. The Morgan fingerprint density at radius 2 is 2.09 bits per heavy atom. The first-order chi connectivity index (χ1) is 11.1. The van der Waals surface area contributed by atoms with Gasteiger partial charge in [0.05, 0.1) is 12.3 Å². The van der Waals surface area contributed by atoms with Crippen LogP contribution in [0.2, 0.25) is 0 Å². The van der Waals surface area contributed by atoms with E-state index in [-0.39, 0.29) is 24.3 Å². The molecule has 1 N–H and O–H groups in total. The molecule has 1 fully saturated rings. The van der Waals surface area contributed by atoms with Crippen molar-refractivity contribution in [2.75, 3.05) is 11.9 Å². The Kier molecular flexibility index (Phi) is 4.68. The minimum absolute atomic E-state index is 0.0260. The first-order valence-corrected chi connectivity index (χ1v) is 8.63. The van der Waals surface area contributed by atoms with Crippen molar-refractivity contribution in [3.63, 3.8) is 0 Å². The van der Waals surface area contributed by atoms with Gasteiger partial charge in [0.2, 0.25) is 5.91 Å². The van der Waals surface area contributed by atoms with Crippen LogP contribution in [0.15, 0.2) is 0 Å².